The molecule has 32 heavy (non-hydrogen) atoms. The monoisotopic (exact) mass is 451 g/mol. The molecule has 2 heterocycles. The van der Waals surface area contributed by atoms with Crippen LogP contribution in [0.1, 0.15) is 22.2 Å². The molecule has 0 aliphatic rings. The lowest BCUT2D eigenvalue weighted by molar-refractivity contribution is 0.0955. The van der Waals surface area contributed by atoms with Crippen molar-refractivity contribution in [3.8, 4) is 28.5 Å². The summed E-state index contributed by atoms with van der Waals surface area (Å²) in [6.07, 6.45) is 0. The van der Waals surface area contributed by atoms with Crippen molar-refractivity contribution in [3.63, 3.8) is 0 Å². The number of nitrogens with one attached hydrogen (secondary N) is 1. The first-order chi connectivity index (χ1) is 15.5. The van der Waals surface area contributed by atoms with E-state index in [0.717, 1.165) is 32.8 Å². The van der Waals surface area contributed by atoms with Crippen LogP contribution < -0.4 is 19.5 Å². The SMILES string of the molecule is CCOc1ccc(CNC(=O)c2cc3c(-c4ccc(OC)c(OC)c4)nn(C)c3s2)cc1. The minimum absolute atomic E-state index is 0.113. The number of fused-ring (bicyclic) bond motifs is 1. The largest absolute Gasteiger partial charge is 0.494 e. The van der Waals surface area contributed by atoms with Gasteiger partial charge in [0.15, 0.2) is 11.5 Å². The van der Waals surface area contributed by atoms with Crippen LogP contribution >= 0.6 is 11.3 Å². The fourth-order valence-corrected chi connectivity index (χ4v) is 4.48. The lowest BCUT2D eigenvalue weighted by Crippen LogP contribution is -2.21. The van der Waals surface area contributed by atoms with Gasteiger partial charge in [0.25, 0.3) is 5.91 Å². The molecular formula is C24H25N3O4S. The van der Waals surface area contributed by atoms with Gasteiger partial charge in [0, 0.05) is 24.5 Å². The second-order valence-electron chi connectivity index (χ2n) is 7.13. The number of methoxy groups -OCH3 is 2. The van der Waals surface area contributed by atoms with Gasteiger partial charge in [-0.2, -0.15) is 5.10 Å². The highest BCUT2D eigenvalue weighted by Crippen LogP contribution is 2.37. The Morgan fingerprint density at radius 1 is 1.06 bits per heavy atom. The van der Waals surface area contributed by atoms with Gasteiger partial charge in [0.05, 0.1) is 25.7 Å². The number of benzene rings is 2. The predicted octanol–water partition coefficient (Wildman–Crippen LogP) is 4.65. The van der Waals surface area contributed by atoms with Crippen molar-refractivity contribution in [2.45, 2.75) is 13.5 Å². The van der Waals surface area contributed by atoms with Gasteiger partial charge in [-0.3, -0.25) is 9.48 Å². The fraction of sp³-hybridized carbons (Fsp3) is 0.250. The number of carbonyl (C=O) groups excluding carboxylic acids is 1. The Morgan fingerprint density at radius 3 is 2.50 bits per heavy atom. The van der Waals surface area contributed by atoms with Crippen LogP contribution in [0.5, 0.6) is 17.2 Å². The molecule has 4 rings (SSSR count). The van der Waals surface area contributed by atoms with E-state index in [9.17, 15) is 4.79 Å². The molecule has 1 N–H and O–H groups in total. The smallest absolute Gasteiger partial charge is 0.261 e. The fourth-order valence-electron chi connectivity index (χ4n) is 3.49. The molecular weight excluding hydrogens is 426 g/mol. The van der Waals surface area contributed by atoms with Gasteiger partial charge in [-0.15, -0.1) is 11.3 Å². The number of hydrogen-bond donors (Lipinski definition) is 1. The van der Waals surface area contributed by atoms with Crippen LogP contribution in [0.25, 0.3) is 21.5 Å². The summed E-state index contributed by atoms with van der Waals surface area (Å²) in [6, 6.07) is 15.3. The third-order valence-electron chi connectivity index (χ3n) is 5.08. The maximum Gasteiger partial charge on any atom is 0.261 e. The van der Waals surface area contributed by atoms with Crippen molar-refractivity contribution < 1.29 is 19.0 Å². The Morgan fingerprint density at radius 2 is 1.81 bits per heavy atom. The maximum absolute atomic E-state index is 12.8. The minimum Gasteiger partial charge on any atom is -0.494 e. The number of aromatic nitrogens is 2. The summed E-state index contributed by atoms with van der Waals surface area (Å²) in [5.41, 5.74) is 2.70. The topological polar surface area (TPSA) is 74.6 Å². The summed E-state index contributed by atoms with van der Waals surface area (Å²) in [7, 11) is 5.09. The van der Waals surface area contributed by atoms with Gasteiger partial charge < -0.3 is 19.5 Å². The van der Waals surface area contributed by atoms with Crippen molar-refractivity contribution >= 4 is 27.5 Å². The molecule has 0 unspecified atom stereocenters. The molecule has 0 saturated heterocycles. The number of amides is 1. The van der Waals surface area contributed by atoms with E-state index in [1.54, 1.807) is 18.9 Å². The van der Waals surface area contributed by atoms with E-state index in [1.807, 2.05) is 62.5 Å². The quantitative estimate of drug-likeness (QED) is 0.422. The van der Waals surface area contributed by atoms with Gasteiger partial charge in [0.1, 0.15) is 16.3 Å². The molecule has 4 aromatic rings. The number of carbonyl (C=O) groups is 1. The van der Waals surface area contributed by atoms with Crippen molar-refractivity contribution in [1.82, 2.24) is 15.1 Å². The van der Waals surface area contributed by atoms with Crippen molar-refractivity contribution in [2.75, 3.05) is 20.8 Å². The lowest BCUT2D eigenvalue weighted by Gasteiger charge is -2.08. The van der Waals surface area contributed by atoms with Gasteiger partial charge in [-0.05, 0) is 48.9 Å². The van der Waals surface area contributed by atoms with Gasteiger partial charge in [0.2, 0.25) is 0 Å². The molecule has 0 bridgehead atoms. The van der Waals surface area contributed by atoms with Gasteiger partial charge >= 0.3 is 0 Å². The maximum atomic E-state index is 12.8. The van der Waals surface area contributed by atoms with Crippen LogP contribution in [0.15, 0.2) is 48.5 Å². The molecule has 0 aliphatic carbocycles. The number of ether oxygens (including phenoxy) is 3. The molecule has 0 fully saturated rings. The minimum atomic E-state index is -0.113. The van der Waals surface area contributed by atoms with Crippen LogP contribution in [0.2, 0.25) is 0 Å². The summed E-state index contributed by atoms with van der Waals surface area (Å²) >= 11 is 1.42. The first-order valence-corrected chi connectivity index (χ1v) is 11.0. The van der Waals surface area contributed by atoms with E-state index in [1.165, 1.54) is 11.3 Å². The zero-order valence-corrected chi connectivity index (χ0v) is 19.3. The molecule has 2 aromatic heterocycles. The summed E-state index contributed by atoms with van der Waals surface area (Å²) in [4.78, 5) is 14.4. The van der Waals surface area contributed by atoms with Gasteiger partial charge in [-0.25, -0.2) is 0 Å². The molecule has 0 radical (unpaired) electrons. The highest BCUT2D eigenvalue weighted by Gasteiger charge is 2.19. The molecule has 7 nitrogen and oxygen atoms in total. The molecule has 0 spiro atoms. The van der Waals surface area contributed by atoms with Crippen LogP contribution in [0, 0.1) is 0 Å². The number of thiophene rings is 1. The zero-order valence-electron chi connectivity index (χ0n) is 18.5. The average Bonchev–Trinajstić information content (AvgIpc) is 3.39. The number of aryl methyl sites for hydroxylation is 1. The molecule has 0 atom stereocenters. The predicted molar refractivity (Wildman–Crippen MR) is 126 cm³/mol. The third kappa shape index (κ3) is 4.27. The number of rotatable bonds is 8. The summed E-state index contributed by atoms with van der Waals surface area (Å²) < 4.78 is 18.0. The standard InChI is InChI=1S/C24H25N3O4S/c1-5-31-17-9-6-15(7-10-17)14-25-23(28)21-13-18-22(26-27(2)24(18)32-21)16-8-11-19(29-3)20(12-16)30-4/h6-13H,5,14H2,1-4H3,(H,25,28). The van der Waals surface area contributed by atoms with Crippen LogP contribution in [-0.4, -0.2) is 36.5 Å². The second-order valence-corrected chi connectivity index (χ2v) is 8.16. The molecule has 8 heteroatoms. The average molecular weight is 452 g/mol. The first kappa shape index (κ1) is 21.7. The van der Waals surface area contributed by atoms with Crippen LogP contribution in [0.4, 0.5) is 0 Å². The molecule has 0 saturated carbocycles. The van der Waals surface area contributed by atoms with E-state index in [-0.39, 0.29) is 5.91 Å². The summed E-state index contributed by atoms with van der Waals surface area (Å²) in [5.74, 6) is 2.00. The highest BCUT2D eigenvalue weighted by molar-refractivity contribution is 7.20. The summed E-state index contributed by atoms with van der Waals surface area (Å²) in [5, 5.41) is 8.58. The molecule has 1 amide bonds. The second kappa shape index (κ2) is 9.32. The Balaban J connectivity index is 1.55. The van der Waals surface area contributed by atoms with E-state index in [4.69, 9.17) is 14.2 Å². The third-order valence-corrected chi connectivity index (χ3v) is 6.28. The Labute approximate surface area is 190 Å². The van der Waals surface area contributed by atoms with Crippen molar-refractivity contribution in [3.05, 3.63) is 59.0 Å². The molecule has 2 aromatic carbocycles. The molecule has 0 aliphatic heterocycles. The van der Waals surface area contributed by atoms with Crippen molar-refractivity contribution in [1.29, 1.82) is 0 Å². The highest BCUT2D eigenvalue weighted by atomic mass is 32.1. The molecule has 166 valence electrons. The lowest BCUT2D eigenvalue weighted by atomic mass is 10.1. The number of nitrogens with zero attached hydrogens (tertiary/aromatic N) is 2. The van der Waals surface area contributed by atoms with E-state index in [2.05, 4.69) is 10.4 Å². The summed E-state index contributed by atoms with van der Waals surface area (Å²) in [6.45, 7) is 3.02. The Kier molecular flexibility index (Phi) is 6.32. The van der Waals surface area contributed by atoms with Crippen LogP contribution in [0.3, 0.4) is 0 Å². The number of hydrogen-bond acceptors (Lipinski definition) is 6. The zero-order chi connectivity index (χ0) is 22.7. The van der Waals surface area contributed by atoms with Gasteiger partial charge in [-0.1, -0.05) is 12.1 Å². The van der Waals surface area contributed by atoms with E-state index >= 15 is 0 Å². The normalized spacial score (nSPS) is 10.9. The first-order valence-electron chi connectivity index (χ1n) is 10.2. The van der Waals surface area contributed by atoms with Crippen LogP contribution in [-0.2, 0) is 13.6 Å². The Bertz CT molecular complexity index is 1240. The van der Waals surface area contributed by atoms with E-state index < -0.39 is 0 Å². The Hall–Kier alpha value is -3.52. The van der Waals surface area contributed by atoms with E-state index in [0.29, 0.717) is 29.5 Å². The van der Waals surface area contributed by atoms with Crippen molar-refractivity contribution in [2.24, 2.45) is 7.05 Å².